The number of hydrogen-bond acceptors (Lipinski definition) is 3. The molecule has 0 saturated carbocycles. The molecule has 3 aromatic rings. The molecule has 1 aliphatic rings. The van der Waals surface area contributed by atoms with Crippen LogP contribution in [0.4, 0.5) is 0 Å². The minimum Gasteiger partial charge on any atom is -0.387 e. The third kappa shape index (κ3) is 3.43. The van der Waals surface area contributed by atoms with Gasteiger partial charge in [0, 0.05) is 38.5 Å². The van der Waals surface area contributed by atoms with Gasteiger partial charge in [0.05, 0.1) is 11.5 Å². The predicted octanol–water partition coefficient (Wildman–Crippen LogP) is 3.08. The van der Waals surface area contributed by atoms with Gasteiger partial charge in [0.25, 0.3) is 0 Å². The molecule has 1 aliphatic heterocycles. The first-order valence-corrected chi connectivity index (χ1v) is 9.75. The van der Waals surface area contributed by atoms with Crippen molar-refractivity contribution >= 4 is 16.8 Å². The zero-order valence-electron chi connectivity index (χ0n) is 16.1. The van der Waals surface area contributed by atoms with Gasteiger partial charge in [-0.3, -0.25) is 4.79 Å². The molecule has 2 heterocycles. The second-order valence-electron chi connectivity index (χ2n) is 7.53. The quantitative estimate of drug-likeness (QED) is 0.717. The van der Waals surface area contributed by atoms with E-state index in [1.54, 1.807) is 0 Å². The van der Waals surface area contributed by atoms with Crippen molar-refractivity contribution < 1.29 is 14.6 Å². The lowest BCUT2D eigenvalue weighted by atomic mass is 9.73. The number of rotatable bonds is 5. The van der Waals surface area contributed by atoms with Gasteiger partial charge in [-0.2, -0.15) is 0 Å². The molecule has 0 spiro atoms. The average Bonchev–Trinajstić information content (AvgIpc) is 3.13. The van der Waals surface area contributed by atoms with Crippen LogP contribution in [-0.2, 0) is 22.0 Å². The number of carbonyl (C=O) groups is 1. The third-order valence-corrected chi connectivity index (χ3v) is 5.86. The predicted molar refractivity (Wildman–Crippen MR) is 109 cm³/mol. The van der Waals surface area contributed by atoms with Crippen molar-refractivity contribution in [2.45, 2.75) is 24.4 Å². The summed E-state index contributed by atoms with van der Waals surface area (Å²) < 4.78 is 7.55. The number of aliphatic hydroxyl groups excluding tert-OH is 1. The van der Waals surface area contributed by atoms with Crippen molar-refractivity contribution in [1.82, 2.24) is 9.88 Å². The van der Waals surface area contributed by atoms with E-state index < -0.39 is 11.5 Å². The number of ether oxygens (including phenoxy) is 1. The van der Waals surface area contributed by atoms with Gasteiger partial charge in [-0.25, -0.2) is 0 Å². The van der Waals surface area contributed by atoms with E-state index in [0.29, 0.717) is 26.1 Å². The summed E-state index contributed by atoms with van der Waals surface area (Å²) in [5, 5.41) is 14.7. The Kier molecular flexibility index (Phi) is 5.20. The second-order valence-corrected chi connectivity index (χ2v) is 7.53. The minimum absolute atomic E-state index is 0.0400. The fourth-order valence-corrected chi connectivity index (χ4v) is 4.11. The highest BCUT2D eigenvalue weighted by Crippen LogP contribution is 2.35. The van der Waals surface area contributed by atoms with Gasteiger partial charge in [-0.15, -0.1) is 0 Å². The standard InChI is InChI=1S/C23H26N2O3/c1-25-12-9-17-15-18(7-8-20(17)25)21(26)16-24-22(27)23(10-13-28-14-11-23)19-5-3-2-4-6-19/h2-9,12,15,21,26H,10-11,13-14,16H2,1H3,(H,24,27). The smallest absolute Gasteiger partial charge is 0.230 e. The number of hydrogen-bond donors (Lipinski definition) is 2. The SMILES string of the molecule is Cn1ccc2cc(C(O)CNC(=O)C3(c4ccccc4)CCOCC3)ccc21. The molecule has 2 N–H and O–H groups in total. The molecule has 1 amide bonds. The number of amides is 1. The van der Waals surface area contributed by atoms with Crippen LogP contribution in [0.5, 0.6) is 0 Å². The van der Waals surface area contributed by atoms with Crippen molar-refractivity contribution in [3.8, 4) is 0 Å². The van der Waals surface area contributed by atoms with Gasteiger partial charge < -0.3 is 19.7 Å². The van der Waals surface area contributed by atoms with Crippen LogP contribution >= 0.6 is 0 Å². The highest BCUT2D eigenvalue weighted by Gasteiger charge is 2.41. The van der Waals surface area contributed by atoms with Crippen molar-refractivity contribution in [3.05, 3.63) is 71.9 Å². The molecule has 0 aliphatic carbocycles. The monoisotopic (exact) mass is 378 g/mol. The van der Waals surface area contributed by atoms with Crippen LogP contribution in [0.2, 0.25) is 0 Å². The second kappa shape index (κ2) is 7.78. The van der Waals surface area contributed by atoms with E-state index in [1.807, 2.05) is 72.4 Å². The number of carbonyl (C=O) groups excluding carboxylic acids is 1. The highest BCUT2D eigenvalue weighted by atomic mass is 16.5. The van der Waals surface area contributed by atoms with Gasteiger partial charge in [-0.1, -0.05) is 36.4 Å². The average molecular weight is 378 g/mol. The maximum Gasteiger partial charge on any atom is 0.230 e. The van der Waals surface area contributed by atoms with Crippen LogP contribution < -0.4 is 5.32 Å². The van der Waals surface area contributed by atoms with Gasteiger partial charge in [0.1, 0.15) is 0 Å². The van der Waals surface area contributed by atoms with Gasteiger partial charge >= 0.3 is 0 Å². The lowest BCUT2D eigenvalue weighted by molar-refractivity contribution is -0.131. The topological polar surface area (TPSA) is 63.5 Å². The minimum atomic E-state index is -0.749. The number of nitrogens with zero attached hydrogens (tertiary/aromatic N) is 1. The Hall–Kier alpha value is -2.63. The molecule has 5 heteroatoms. The van der Waals surface area contributed by atoms with E-state index in [2.05, 4.69) is 5.32 Å². The molecule has 5 nitrogen and oxygen atoms in total. The summed E-state index contributed by atoms with van der Waals surface area (Å²) in [6.07, 6.45) is 2.54. The summed E-state index contributed by atoms with van der Waals surface area (Å²) in [6.45, 7) is 1.32. The van der Waals surface area contributed by atoms with Crippen LogP contribution in [0.1, 0.15) is 30.1 Å². The molecule has 1 atom stereocenters. The summed E-state index contributed by atoms with van der Waals surface area (Å²) in [5.41, 5.74) is 2.34. The van der Waals surface area contributed by atoms with Crippen LogP contribution in [0.3, 0.4) is 0 Å². The van der Waals surface area contributed by atoms with Crippen LogP contribution in [-0.4, -0.2) is 35.3 Å². The number of fused-ring (bicyclic) bond motifs is 1. The Morgan fingerprint density at radius 3 is 2.68 bits per heavy atom. The summed E-state index contributed by atoms with van der Waals surface area (Å²) in [4.78, 5) is 13.2. The fraction of sp³-hybridized carbons (Fsp3) is 0.348. The number of benzene rings is 2. The van der Waals surface area contributed by atoms with Crippen molar-refractivity contribution in [1.29, 1.82) is 0 Å². The zero-order valence-corrected chi connectivity index (χ0v) is 16.1. The lowest BCUT2D eigenvalue weighted by Gasteiger charge is -2.36. The Morgan fingerprint density at radius 2 is 1.93 bits per heavy atom. The summed E-state index contributed by atoms with van der Waals surface area (Å²) in [5.74, 6) is -0.0400. The molecule has 1 saturated heterocycles. The van der Waals surface area contributed by atoms with Gasteiger partial charge in [-0.05, 0) is 47.6 Å². The molecule has 4 rings (SSSR count). The van der Waals surface area contributed by atoms with E-state index >= 15 is 0 Å². The van der Waals surface area contributed by atoms with E-state index in [-0.39, 0.29) is 12.5 Å². The van der Waals surface area contributed by atoms with Crippen molar-refractivity contribution in [2.24, 2.45) is 7.05 Å². The zero-order chi connectivity index (χ0) is 19.6. The highest BCUT2D eigenvalue weighted by molar-refractivity contribution is 5.88. The van der Waals surface area contributed by atoms with Crippen LogP contribution in [0.25, 0.3) is 10.9 Å². The first kappa shape index (κ1) is 18.7. The van der Waals surface area contributed by atoms with Crippen molar-refractivity contribution in [2.75, 3.05) is 19.8 Å². The molecular formula is C23H26N2O3. The molecule has 1 unspecified atom stereocenters. The summed E-state index contributed by atoms with van der Waals surface area (Å²) in [7, 11) is 2.00. The van der Waals surface area contributed by atoms with Gasteiger partial charge in [0.15, 0.2) is 0 Å². The third-order valence-electron chi connectivity index (χ3n) is 5.86. The molecule has 146 valence electrons. The van der Waals surface area contributed by atoms with E-state index in [4.69, 9.17) is 4.74 Å². The first-order valence-electron chi connectivity index (χ1n) is 9.75. The maximum atomic E-state index is 13.2. The summed E-state index contributed by atoms with van der Waals surface area (Å²) in [6, 6.07) is 17.8. The summed E-state index contributed by atoms with van der Waals surface area (Å²) >= 11 is 0. The molecule has 0 radical (unpaired) electrons. The molecule has 0 bridgehead atoms. The maximum absolute atomic E-state index is 13.2. The molecule has 1 aromatic heterocycles. The Labute approximate surface area is 164 Å². The van der Waals surface area contributed by atoms with E-state index in [0.717, 1.165) is 22.0 Å². The van der Waals surface area contributed by atoms with Gasteiger partial charge in [0.2, 0.25) is 5.91 Å². The molecule has 1 fully saturated rings. The largest absolute Gasteiger partial charge is 0.387 e. The van der Waals surface area contributed by atoms with E-state index in [9.17, 15) is 9.90 Å². The Morgan fingerprint density at radius 1 is 1.18 bits per heavy atom. The van der Waals surface area contributed by atoms with Crippen LogP contribution in [0, 0.1) is 0 Å². The van der Waals surface area contributed by atoms with E-state index in [1.165, 1.54) is 0 Å². The normalized spacial score (nSPS) is 17.4. The number of aromatic nitrogens is 1. The Balaban J connectivity index is 1.49. The number of aliphatic hydroxyl groups is 1. The number of aryl methyl sites for hydroxylation is 1. The fourth-order valence-electron chi connectivity index (χ4n) is 4.11. The lowest BCUT2D eigenvalue weighted by Crippen LogP contribution is -2.48. The Bertz CT molecular complexity index is 958. The molecule has 28 heavy (non-hydrogen) atoms. The molecule has 2 aromatic carbocycles. The van der Waals surface area contributed by atoms with Crippen molar-refractivity contribution in [3.63, 3.8) is 0 Å². The molecular weight excluding hydrogens is 352 g/mol. The van der Waals surface area contributed by atoms with Crippen LogP contribution in [0.15, 0.2) is 60.8 Å². The number of nitrogens with one attached hydrogen (secondary N) is 1. The first-order chi connectivity index (χ1) is 13.6.